The van der Waals surface area contributed by atoms with Gasteiger partial charge in [0.15, 0.2) is 0 Å². The molecule has 0 spiro atoms. The third-order valence-corrected chi connectivity index (χ3v) is 7.14. The molecule has 0 radical (unpaired) electrons. The van der Waals surface area contributed by atoms with E-state index in [1.165, 1.54) is 16.7 Å². The van der Waals surface area contributed by atoms with E-state index < -0.39 is 28.8 Å². The van der Waals surface area contributed by atoms with Crippen molar-refractivity contribution in [3.63, 3.8) is 0 Å². The summed E-state index contributed by atoms with van der Waals surface area (Å²) in [6, 6.07) is 15.9. The van der Waals surface area contributed by atoms with Crippen LogP contribution < -0.4 is 11.1 Å². The largest absolute Gasteiger partial charge is 0.382 e. The minimum Gasteiger partial charge on any atom is -0.382 e. The molecule has 3 atom stereocenters. The van der Waals surface area contributed by atoms with E-state index in [9.17, 15) is 14.7 Å². The summed E-state index contributed by atoms with van der Waals surface area (Å²) < 4.78 is -0.477. The van der Waals surface area contributed by atoms with E-state index in [4.69, 9.17) is 5.73 Å². The molecule has 31 heavy (non-hydrogen) atoms. The van der Waals surface area contributed by atoms with Crippen LogP contribution in [-0.2, 0) is 22.6 Å². The minimum atomic E-state index is -1.37. The van der Waals surface area contributed by atoms with Crippen molar-refractivity contribution in [3.05, 3.63) is 71.3 Å². The molecule has 7 heteroatoms. The molecular weight excluding hydrogens is 410 g/mol. The number of nitrogens with two attached hydrogens (primary N) is 1. The fraction of sp³-hybridized carbons (Fsp3) is 0.417. The van der Waals surface area contributed by atoms with Gasteiger partial charge in [0.25, 0.3) is 5.91 Å². The predicted octanol–water partition coefficient (Wildman–Crippen LogP) is 2.22. The lowest BCUT2D eigenvalue weighted by atomic mass is 9.97. The zero-order valence-corrected chi connectivity index (χ0v) is 19.1. The van der Waals surface area contributed by atoms with Gasteiger partial charge in [0.2, 0.25) is 5.91 Å². The Morgan fingerprint density at radius 3 is 2.52 bits per heavy atom. The second-order valence-corrected chi connectivity index (χ2v) is 10.1. The van der Waals surface area contributed by atoms with E-state index in [1.54, 1.807) is 0 Å². The van der Waals surface area contributed by atoms with E-state index >= 15 is 0 Å². The second-order valence-electron chi connectivity index (χ2n) is 8.53. The SMILES string of the molecule is Cc1ccccc1CNC(=O)C1N(C(=O)C(O)C(N)Cc2ccccc2)CSC1(C)C. The van der Waals surface area contributed by atoms with Crippen LogP contribution in [0.4, 0.5) is 0 Å². The van der Waals surface area contributed by atoms with Gasteiger partial charge in [0.05, 0.1) is 5.88 Å². The average molecular weight is 442 g/mol. The standard InChI is InChI=1S/C24H31N3O3S/c1-16-9-7-8-12-18(16)14-26-22(29)21-24(2,3)31-15-27(21)23(30)20(28)19(25)13-17-10-5-4-6-11-17/h4-12,19-21,28H,13-15,25H2,1-3H3,(H,26,29). The third-order valence-electron chi connectivity index (χ3n) is 5.76. The number of nitrogens with one attached hydrogen (secondary N) is 1. The summed E-state index contributed by atoms with van der Waals surface area (Å²) >= 11 is 1.52. The molecule has 2 aromatic carbocycles. The molecule has 3 unspecified atom stereocenters. The molecule has 4 N–H and O–H groups in total. The van der Waals surface area contributed by atoms with Crippen LogP contribution in [-0.4, -0.2) is 50.6 Å². The number of thioether (sulfide) groups is 1. The van der Waals surface area contributed by atoms with Crippen molar-refractivity contribution < 1.29 is 14.7 Å². The summed E-state index contributed by atoms with van der Waals surface area (Å²) in [5.74, 6) is -0.392. The Hall–Kier alpha value is -2.35. The van der Waals surface area contributed by atoms with Gasteiger partial charge in [-0.15, -0.1) is 11.8 Å². The normalized spacial score (nSPS) is 19.6. The highest BCUT2D eigenvalue weighted by Gasteiger charge is 2.49. The molecule has 3 rings (SSSR count). The van der Waals surface area contributed by atoms with Crippen molar-refractivity contribution in [2.75, 3.05) is 5.88 Å². The first kappa shape index (κ1) is 23.3. The van der Waals surface area contributed by atoms with Gasteiger partial charge < -0.3 is 21.1 Å². The molecule has 1 aliphatic rings. The van der Waals surface area contributed by atoms with Crippen LogP contribution in [0.3, 0.4) is 0 Å². The fourth-order valence-electron chi connectivity index (χ4n) is 3.85. The van der Waals surface area contributed by atoms with Crippen LogP contribution >= 0.6 is 11.8 Å². The lowest BCUT2D eigenvalue weighted by Gasteiger charge is -2.32. The Morgan fingerprint density at radius 1 is 1.19 bits per heavy atom. The first-order valence-corrected chi connectivity index (χ1v) is 11.4. The van der Waals surface area contributed by atoms with Crippen LogP contribution in [0.2, 0.25) is 0 Å². The van der Waals surface area contributed by atoms with Gasteiger partial charge in [-0.3, -0.25) is 9.59 Å². The highest BCUT2D eigenvalue weighted by Crippen LogP contribution is 2.39. The van der Waals surface area contributed by atoms with Crippen LogP contribution in [0.1, 0.15) is 30.5 Å². The van der Waals surface area contributed by atoms with Gasteiger partial charge >= 0.3 is 0 Å². The number of nitrogens with zero attached hydrogens (tertiary/aromatic N) is 1. The highest BCUT2D eigenvalue weighted by molar-refractivity contribution is 8.00. The zero-order valence-electron chi connectivity index (χ0n) is 18.2. The Kier molecular flexibility index (Phi) is 7.41. The number of aliphatic hydroxyl groups is 1. The maximum Gasteiger partial charge on any atom is 0.254 e. The molecule has 0 aliphatic carbocycles. The minimum absolute atomic E-state index is 0.226. The van der Waals surface area contributed by atoms with Crippen LogP contribution in [0.25, 0.3) is 0 Å². The Morgan fingerprint density at radius 2 is 1.84 bits per heavy atom. The Bertz CT molecular complexity index is 919. The van der Waals surface area contributed by atoms with Crippen molar-refractivity contribution >= 4 is 23.6 Å². The number of aliphatic hydroxyl groups excluding tert-OH is 1. The molecule has 6 nitrogen and oxygen atoms in total. The van der Waals surface area contributed by atoms with Crippen LogP contribution in [0, 0.1) is 6.92 Å². The molecule has 1 aliphatic heterocycles. The van der Waals surface area contributed by atoms with Gasteiger partial charge in [0.1, 0.15) is 12.1 Å². The molecule has 2 amide bonds. The summed E-state index contributed by atoms with van der Waals surface area (Å²) in [5.41, 5.74) is 9.23. The number of hydrogen-bond donors (Lipinski definition) is 3. The summed E-state index contributed by atoms with van der Waals surface area (Å²) in [6.07, 6.45) is -0.996. The number of carbonyl (C=O) groups is 2. The Balaban J connectivity index is 1.69. The van der Waals surface area contributed by atoms with Gasteiger partial charge in [-0.05, 0) is 43.9 Å². The summed E-state index contributed by atoms with van der Waals surface area (Å²) in [7, 11) is 0. The fourth-order valence-corrected chi connectivity index (χ4v) is 4.99. The highest BCUT2D eigenvalue weighted by atomic mass is 32.2. The van der Waals surface area contributed by atoms with E-state index in [0.29, 0.717) is 18.8 Å². The number of carbonyl (C=O) groups excluding carboxylic acids is 2. The molecular formula is C24H31N3O3S. The maximum atomic E-state index is 13.1. The van der Waals surface area contributed by atoms with Crippen LogP contribution in [0.15, 0.2) is 54.6 Å². The molecule has 1 saturated heterocycles. The third kappa shape index (κ3) is 5.47. The van der Waals surface area contributed by atoms with Crippen molar-refractivity contribution in [2.24, 2.45) is 5.73 Å². The van der Waals surface area contributed by atoms with Crippen molar-refractivity contribution in [3.8, 4) is 0 Å². The number of benzene rings is 2. The first-order valence-electron chi connectivity index (χ1n) is 10.4. The lowest BCUT2D eigenvalue weighted by Crippen LogP contribution is -2.57. The number of rotatable bonds is 7. The zero-order chi connectivity index (χ0) is 22.6. The lowest BCUT2D eigenvalue weighted by molar-refractivity contribution is -0.147. The van der Waals surface area contributed by atoms with E-state index in [0.717, 1.165) is 16.7 Å². The molecule has 1 heterocycles. The molecule has 0 bridgehead atoms. The van der Waals surface area contributed by atoms with E-state index in [-0.39, 0.29) is 5.91 Å². The summed E-state index contributed by atoms with van der Waals surface area (Å²) in [5, 5.41) is 13.6. The maximum absolute atomic E-state index is 13.1. The number of amides is 2. The molecule has 0 aromatic heterocycles. The molecule has 2 aromatic rings. The quantitative estimate of drug-likeness (QED) is 0.612. The summed E-state index contributed by atoms with van der Waals surface area (Å²) in [6.45, 7) is 6.27. The molecule has 0 saturated carbocycles. The first-order chi connectivity index (χ1) is 14.7. The van der Waals surface area contributed by atoms with Gasteiger partial charge in [-0.1, -0.05) is 54.6 Å². The van der Waals surface area contributed by atoms with Crippen LogP contribution in [0.5, 0.6) is 0 Å². The average Bonchev–Trinajstić information content (AvgIpc) is 3.07. The number of hydrogen-bond acceptors (Lipinski definition) is 5. The molecule has 1 fully saturated rings. The van der Waals surface area contributed by atoms with Gasteiger partial charge in [-0.2, -0.15) is 0 Å². The predicted molar refractivity (Wildman–Crippen MR) is 124 cm³/mol. The summed E-state index contributed by atoms with van der Waals surface area (Å²) in [4.78, 5) is 27.7. The smallest absolute Gasteiger partial charge is 0.254 e. The van der Waals surface area contributed by atoms with Crippen molar-refractivity contribution in [1.29, 1.82) is 0 Å². The van der Waals surface area contributed by atoms with E-state index in [2.05, 4.69) is 5.32 Å². The Labute approximate surface area is 188 Å². The monoisotopic (exact) mass is 441 g/mol. The topological polar surface area (TPSA) is 95.7 Å². The second kappa shape index (κ2) is 9.85. The molecule has 166 valence electrons. The van der Waals surface area contributed by atoms with Crippen molar-refractivity contribution in [1.82, 2.24) is 10.2 Å². The van der Waals surface area contributed by atoms with Gasteiger partial charge in [0, 0.05) is 17.3 Å². The van der Waals surface area contributed by atoms with Gasteiger partial charge in [-0.25, -0.2) is 0 Å². The number of aryl methyl sites for hydroxylation is 1. The van der Waals surface area contributed by atoms with Crippen molar-refractivity contribution in [2.45, 2.75) is 56.7 Å². The van der Waals surface area contributed by atoms with E-state index in [1.807, 2.05) is 75.4 Å².